The number of halogens is 1. The molecule has 0 aliphatic carbocycles. The molecule has 2 heterocycles. The van der Waals surface area contributed by atoms with Crippen LogP contribution in [-0.4, -0.2) is 54.3 Å². The van der Waals surface area contributed by atoms with E-state index in [1.165, 1.54) is 10.4 Å². The highest BCUT2D eigenvalue weighted by Gasteiger charge is 2.31. The maximum Gasteiger partial charge on any atom is 0.255 e. The molecule has 2 aromatic rings. The molecule has 6 nitrogen and oxygen atoms in total. The van der Waals surface area contributed by atoms with Gasteiger partial charge in [0.25, 0.3) is 5.91 Å². The van der Waals surface area contributed by atoms with Crippen LogP contribution in [-0.2, 0) is 16.6 Å². The average molecular weight is 410 g/mol. The molecule has 1 amide bonds. The van der Waals surface area contributed by atoms with Crippen molar-refractivity contribution in [3.8, 4) is 0 Å². The van der Waals surface area contributed by atoms with Gasteiger partial charge in [0.05, 0.1) is 10.5 Å². The lowest BCUT2D eigenvalue weighted by Gasteiger charge is -2.34. The van der Waals surface area contributed by atoms with Crippen LogP contribution in [0.3, 0.4) is 0 Å². The summed E-state index contributed by atoms with van der Waals surface area (Å²) >= 11 is 5.93. The Morgan fingerprint density at radius 1 is 1.11 bits per heavy atom. The molecule has 0 spiro atoms. The summed E-state index contributed by atoms with van der Waals surface area (Å²) < 4.78 is 29.1. The molecule has 1 saturated heterocycles. The maximum absolute atomic E-state index is 12.9. The fourth-order valence-electron chi connectivity index (χ4n) is 3.58. The first-order chi connectivity index (χ1) is 12.8. The number of carbonyl (C=O) groups excluding carboxylic acids is 1. The molecule has 8 heteroatoms. The summed E-state index contributed by atoms with van der Waals surface area (Å²) in [6.07, 6.45) is 0. The molecule has 1 fully saturated rings. The van der Waals surface area contributed by atoms with Crippen molar-refractivity contribution in [1.29, 1.82) is 0 Å². The van der Waals surface area contributed by atoms with Gasteiger partial charge in [-0.25, -0.2) is 8.42 Å². The summed E-state index contributed by atoms with van der Waals surface area (Å²) in [7, 11) is -3.61. The molecule has 0 unspecified atom stereocenters. The Hall–Kier alpha value is -1.83. The van der Waals surface area contributed by atoms with Crippen LogP contribution in [0.15, 0.2) is 35.2 Å². The van der Waals surface area contributed by atoms with E-state index in [1.807, 2.05) is 26.8 Å². The number of hydrogen-bond donors (Lipinski definition) is 0. The standard InChI is InChI=1S/C19H24ClN3O3S/c1-4-23-14(2)12-18(15(23)3)19(24)21-8-10-22(11-9-21)27(25,26)17-7-5-6-16(20)13-17/h5-7,12-13H,4,8-11H2,1-3H3. The van der Waals surface area contributed by atoms with Crippen molar-refractivity contribution in [1.82, 2.24) is 13.8 Å². The zero-order chi connectivity index (χ0) is 19.8. The topological polar surface area (TPSA) is 62.6 Å². The van der Waals surface area contributed by atoms with Crippen molar-refractivity contribution in [3.63, 3.8) is 0 Å². The van der Waals surface area contributed by atoms with Crippen LogP contribution in [0.5, 0.6) is 0 Å². The van der Waals surface area contributed by atoms with Crippen molar-refractivity contribution in [2.75, 3.05) is 26.2 Å². The smallest absolute Gasteiger partial charge is 0.255 e. The van der Waals surface area contributed by atoms with Crippen molar-refractivity contribution >= 4 is 27.5 Å². The lowest BCUT2D eigenvalue weighted by atomic mass is 10.2. The molecule has 146 valence electrons. The average Bonchev–Trinajstić information content (AvgIpc) is 2.94. The number of sulfonamides is 1. The highest BCUT2D eigenvalue weighted by molar-refractivity contribution is 7.89. The van der Waals surface area contributed by atoms with Gasteiger partial charge in [-0.05, 0) is 45.0 Å². The van der Waals surface area contributed by atoms with Gasteiger partial charge in [0, 0.05) is 49.1 Å². The van der Waals surface area contributed by atoms with E-state index in [2.05, 4.69) is 4.57 Å². The monoisotopic (exact) mass is 409 g/mol. The summed E-state index contributed by atoms with van der Waals surface area (Å²) in [5, 5.41) is 0.385. The van der Waals surface area contributed by atoms with E-state index in [1.54, 1.807) is 23.1 Å². The first-order valence-corrected chi connectivity index (χ1v) is 10.8. The predicted octanol–water partition coefficient (Wildman–Crippen LogP) is 2.92. The molecule has 0 N–H and O–H groups in total. The van der Waals surface area contributed by atoms with E-state index in [-0.39, 0.29) is 23.9 Å². The zero-order valence-corrected chi connectivity index (χ0v) is 17.3. The highest BCUT2D eigenvalue weighted by Crippen LogP contribution is 2.22. The first-order valence-electron chi connectivity index (χ1n) is 8.97. The molecule has 0 bridgehead atoms. The molecule has 1 aliphatic heterocycles. The van der Waals surface area contributed by atoms with Crippen LogP contribution >= 0.6 is 11.6 Å². The minimum absolute atomic E-state index is 0.0393. The van der Waals surface area contributed by atoms with Crippen LogP contribution in [0, 0.1) is 13.8 Å². The van der Waals surface area contributed by atoms with Gasteiger partial charge in [0.15, 0.2) is 0 Å². The predicted molar refractivity (Wildman–Crippen MR) is 106 cm³/mol. The normalized spacial score (nSPS) is 15.9. The molecule has 1 aromatic carbocycles. The number of amides is 1. The summed E-state index contributed by atoms with van der Waals surface area (Å²) in [6, 6.07) is 8.17. The number of piperazine rings is 1. The highest BCUT2D eigenvalue weighted by atomic mass is 35.5. The number of aryl methyl sites for hydroxylation is 1. The van der Waals surface area contributed by atoms with Crippen LogP contribution in [0.2, 0.25) is 5.02 Å². The Kier molecular flexibility index (Phi) is 5.65. The summed E-state index contributed by atoms with van der Waals surface area (Å²) in [5.41, 5.74) is 2.70. The lowest BCUT2D eigenvalue weighted by molar-refractivity contribution is 0.0697. The van der Waals surface area contributed by atoms with E-state index >= 15 is 0 Å². The van der Waals surface area contributed by atoms with Gasteiger partial charge in [-0.1, -0.05) is 17.7 Å². The second-order valence-corrected chi connectivity index (χ2v) is 9.06. The molecule has 1 aliphatic rings. The van der Waals surface area contributed by atoms with E-state index < -0.39 is 10.0 Å². The maximum atomic E-state index is 12.9. The fraction of sp³-hybridized carbons (Fsp3) is 0.421. The number of nitrogens with zero attached hydrogens (tertiary/aromatic N) is 3. The van der Waals surface area contributed by atoms with Crippen LogP contribution in [0.1, 0.15) is 28.7 Å². The molecule has 0 saturated carbocycles. The Labute approximate surface area is 165 Å². The number of benzene rings is 1. The van der Waals surface area contributed by atoms with Gasteiger partial charge >= 0.3 is 0 Å². The van der Waals surface area contributed by atoms with Crippen LogP contribution in [0.25, 0.3) is 0 Å². The van der Waals surface area contributed by atoms with E-state index in [9.17, 15) is 13.2 Å². The van der Waals surface area contributed by atoms with E-state index in [0.29, 0.717) is 23.7 Å². The van der Waals surface area contributed by atoms with Crippen LogP contribution in [0.4, 0.5) is 0 Å². The first kappa shape index (κ1) is 19.9. The third-order valence-corrected chi connectivity index (χ3v) is 7.21. The third kappa shape index (κ3) is 3.77. The molecular weight excluding hydrogens is 386 g/mol. The quantitative estimate of drug-likeness (QED) is 0.779. The van der Waals surface area contributed by atoms with Gasteiger partial charge in [0.1, 0.15) is 0 Å². The van der Waals surface area contributed by atoms with Gasteiger partial charge in [0.2, 0.25) is 10.0 Å². The zero-order valence-electron chi connectivity index (χ0n) is 15.8. The Morgan fingerprint density at radius 3 is 2.33 bits per heavy atom. The minimum atomic E-state index is -3.61. The van der Waals surface area contributed by atoms with Gasteiger partial charge in [-0.3, -0.25) is 4.79 Å². The SMILES string of the molecule is CCn1c(C)cc(C(=O)N2CCN(S(=O)(=O)c3cccc(Cl)c3)CC2)c1C. The molecule has 27 heavy (non-hydrogen) atoms. The number of aromatic nitrogens is 1. The molecule has 0 radical (unpaired) electrons. The number of hydrogen-bond acceptors (Lipinski definition) is 3. The number of carbonyl (C=O) groups is 1. The summed E-state index contributed by atoms with van der Waals surface area (Å²) in [4.78, 5) is 14.8. The van der Waals surface area contributed by atoms with Gasteiger partial charge in [-0.2, -0.15) is 4.31 Å². The van der Waals surface area contributed by atoms with Crippen molar-refractivity contribution in [2.24, 2.45) is 0 Å². The molecular formula is C19H24ClN3O3S. The number of rotatable bonds is 4. The second kappa shape index (κ2) is 7.66. The van der Waals surface area contributed by atoms with Crippen molar-refractivity contribution in [2.45, 2.75) is 32.2 Å². The fourth-order valence-corrected chi connectivity index (χ4v) is 5.31. The molecule has 1 aromatic heterocycles. The molecule has 3 rings (SSSR count). The van der Waals surface area contributed by atoms with Crippen LogP contribution < -0.4 is 0 Å². The van der Waals surface area contributed by atoms with Crippen molar-refractivity contribution < 1.29 is 13.2 Å². The Bertz CT molecular complexity index is 961. The molecule has 0 atom stereocenters. The lowest BCUT2D eigenvalue weighted by Crippen LogP contribution is -2.50. The van der Waals surface area contributed by atoms with E-state index in [4.69, 9.17) is 11.6 Å². The minimum Gasteiger partial charge on any atom is -0.349 e. The second-order valence-electron chi connectivity index (χ2n) is 6.68. The van der Waals surface area contributed by atoms with Gasteiger partial charge < -0.3 is 9.47 Å². The van der Waals surface area contributed by atoms with Gasteiger partial charge in [-0.15, -0.1) is 0 Å². The van der Waals surface area contributed by atoms with Crippen molar-refractivity contribution in [3.05, 3.63) is 52.3 Å². The summed E-state index contributed by atoms with van der Waals surface area (Å²) in [6.45, 7) is 8.08. The largest absolute Gasteiger partial charge is 0.349 e. The summed E-state index contributed by atoms with van der Waals surface area (Å²) in [5.74, 6) is -0.0393. The Morgan fingerprint density at radius 2 is 1.78 bits per heavy atom. The third-order valence-electron chi connectivity index (χ3n) is 5.08. The van der Waals surface area contributed by atoms with E-state index in [0.717, 1.165) is 17.9 Å². The Balaban J connectivity index is 1.73.